The predicted octanol–water partition coefficient (Wildman–Crippen LogP) is 15.0. The summed E-state index contributed by atoms with van der Waals surface area (Å²) in [5.74, 6) is 0. The fourth-order valence-electron chi connectivity index (χ4n) is 6.75. The second kappa shape index (κ2) is 37.6. The van der Waals surface area contributed by atoms with Crippen LogP contribution in [-0.2, 0) is 4.57 Å². The first-order valence-corrected chi connectivity index (χ1v) is 22.4. The molecule has 266 valence electrons. The lowest BCUT2D eigenvalue weighted by Crippen LogP contribution is -1.88. The molecular weight excluding hydrogens is 559 g/mol. The van der Waals surface area contributed by atoms with Crippen molar-refractivity contribution < 1.29 is 14.4 Å². The molecular formula is C40H83O3P. The summed E-state index contributed by atoms with van der Waals surface area (Å²) in [7, 11) is -3.77. The number of rotatable bonds is 39. The molecule has 2 N–H and O–H groups in total. The molecule has 0 aromatic heterocycles. The van der Waals surface area contributed by atoms with Crippen LogP contribution in [0.5, 0.6) is 0 Å². The van der Waals surface area contributed by atoms with E-state index < -0.39 is 7.60 Å². The van der Waals surface area contributed by atoms with Crippen molar-refractivity contribution in [3.8, 4) is 0 Å². The van der Waals surface area contributed by atoms with Gasteiger partial charge in [-0.25, -0.2) is 0 Å². The van der Waals surface area contributed by atoms with Crippen molar-refractivity contribution in [2.45, 2.75) is 251 Å². The highest BCUT2D eigenvalue weighted by Gasteiger charge is 2.10. The Kier molecular flexibility index (Phi) is 37.7. The van der Waals surface area contributed by atoms with Crippen LogP contribution < -0.4 is 0 Å². The summed E-state index contributed by atoms with van der Waals surface area (Å²) >= 11 is 0. The van der Waals surface area contributed by atoms with Crippen LogP contribution in [0.15, 0.2) is 0 Å². The Balaban J connectivity index is 3.05. The molecule has 0 atom stereocenters. The molecule has 0 aliphatic heterocycles. The molecule has 0 rings (SSSR count). The molecule has 0 heterocycles. The van der Waals surface area contributed by atoms with Gasteiger partial charge >= 0.3 is 7.60 Å². The van der Waals surface area contributed by atoms with Gasteiger partial charge in [0.1, 0.15) is 0 Å². The Morgan fingerprint density at radius 2 is 0.409 bits per heavy atom. The van der Waals surface area contributed by atoms with E-state index in [0.717, 1.165) is 12.8 Å². The molecule has 0 unspecified atom stereocenters. The second-order valence-electron chi connectivity index (χ2n) is 14.5. The molecule has 0 aliphatic rings. The van der Waals surface area contributed by atoms with Crippen LogP contribution in [0, 0.1) is 0 Å². The molecule has 0 aromatic carbocycles. The minimum atomic E-state index is -3.77. The van der Waals surface area contributed by atoms with Gasteiger partial charge in [-0.15, -0.1) is 0 Å². The zero-order valence-corrected chi connectivity index (χ0v) is 31.2. The highest BCUT2D eigenvalue weighted by atomic mass is 31.2. The average Bonchev–Trinajstić information content (AvgIpc) is 3.00. The summed E-state index contributed by atoms with van der Waals surface area (Å²) in [4.78, 5) is 17.7. The first-order valence-electron chi connectivity index (χ1n) is 20.6. The summed E-state index contributed by atoms with van der Waals surface area (Å²) in [6.45, 7) is 2.30. The Morgan fingerprint density at radius 1 is 0.273 bits per heavy atom. The van der Waals surface area contributed by atoms with E-state index in [0.29, 0.717) is 6.42 Å². The standard InChI is InChI=1S/C40H83O3P/c1-2-3-4-5-6-7-8-9-10-11-12-13-14-15-16-17-18-19-20-21-22-23-24-25-26-27-28-29-30-31-32-33-34-35-36-37-38-39-40-44(41,42)43/h2-40H2,1H3,(H2,41,42,43). The highest BCUT2D eigenvalue weighted by molar-refractivity contribution is 7.51. The van der Waals surface area contributed by atoms with Crippen molar-refractivity contribution in [2.75, 3.05) is 6.16 Å². The van der Waals surface area contributed by atoms with Gasteiger partial charge in [-0.2, -0.15) is 0 Å². The van der Waals surface area contributed by atoms with Gasteiger partial charge in [0.05, 0.1) is 0 Å². The average molecular weight is 643 g/mol. The van der Waals surface area contributed by atoms with Crippen LogP contribution in [-0.4, -0.2) is 15.9 Å². The maximum absolute atomic E-state index is 10.8. The van der Waals surface area contributed by atoms with E-state index in [1.165, 1.54) is 225 Å². The number of unbranched alkanes of at least 4 members (excludes halogenated alkanes) is 37. The van der Waals surface area contributed by atoms with E-state index in [1.807, 2.05) is 0 Å². The van der Waals surface area contributed by atoms with Gasteiger partial charge in [-0.1, -0.05) is 244 Å². The molecule has 44 heavy (non-hydrogen) atoms. The minimum absolute atomic E-state index is 0.0622. The lowest BCUT2D eigenvalue weighted by atomic mass is 10.0. The molecule has 0 aromatic rings. The zero-order valence-electron chi connectivity index (χ0n) is 30.3. The number of hydrogen-bond donors (Lipinski definition) is 2. The fourth-order valence-corrected chi connectivity index (χ4v) is 7.39. The van der Waals surface area contributed by atoms with Gasteiger partial charge in [0, 0.05) is 6.16 Å². The summed E-state index contributed by atoms with van der Waals surface area (Å²) in [6.07, 6.45) is 53.2. The van der Waals surface area contributed by atoms with Crippen molar-refractivity contribution in [1.29, 1.82) is 0 Å². The van der Waals surface area contributed by atoms with Crippen LogP contribution in [0.25, 0.3) is 0 Å². The molecule has 0 saturated heterocycles. The fraction of sp³-hybridized carbons (Fsp3) is 1.00. The van der Waals surface area contributed by atoms with Crippen molar-refractivity contribution in [3.05, 3.63) is 0 Å². The molecule has 3 nitrogen and oxygen atoms in total. The predicted molar refractivity (Wildman–Crippen MR) is 198 cm³/mol. The van der Waals surface area contributed by atoms with E-state index in [9.17, 15) is 4.57 Å². The lowest BCUT2D eigenvalue weighted by Gasteiger charge is -2.05. The summed E-state index contributed by atoms with van der Waals surface area (Å²) < 4.78 is 10.8. The van der Waals surface area contributed by atoms with Crippen molar-refractivity contribution >= 4 is 7.60 Å². The molecule has 0 fully saturated rings. The largest absolute Gasteiger partial charge is 0.325 e. The normalized spacial score (nSPS) is 12.0. The van der Waals surface area contributed by atoms with Gasteiger partial charge < -0.3 is 9.79 Å². The topological polar surface area (TPSA) is 57.5 Å². The highest BCUT2D eigenvalue weighted by Crippen LogP contribution is 2.35. The maximum Gasteiger partial charge on any atom is 0.325 e. The first-order chi connectivity index (χ1) is 21.6. The molecule has 0 spiro atoms. The minimum Gasteiger partial charge on any atom is -0.324 e. The van der Waals surface area contributed by atoms with Gasteiger partial charge in [0.15, 0.2) is 0 Å². The Bertz CT molecular complexity index is 561. The SMILES string of the molecule is CCCCCCCCCCCCCCCCCCCCCCCCCCCCCCCCCCCCCCCCP(=O)(O)O. The van der Waals surface area contributed by atoms with Gasteiger partial charge in [-0.05, 0) is 6.42 Å². The quantitative estimate of drug-likeness (QED) is 0.0518. The van der Waals surface area contributed by atoms with E-state index in [2.05, 4.69) is 6.92 Å². The van der Waals surface area contributed by atoms with Gasteiger partial charge in [0.2, 0.25) is 0 Å². The van der Waals surface area contributed by atoms with E-state index >= 15 is 0 Å². The summed E-state index contributed by atoms with van der Waals surface area (Å²) in [5.41, 5.74) is 0. The number of hydrogen-bond acceptors (Lipinski definition) is 1. The van der Waals surface area contributed by atoms with E-state index in [4.69, 9.17) is 9.79 Å². The Labute approximate surface area is 278 Å². The molecule has 0 bridgehead atoms. The van der Waals surface area contributed by atoms with Crippen molar-refractivity contribution in [1.82, 2.24) is 0 Å². The van der Waals surface area contributed by atoms with Crippen LogP contribution in [0.1, 0.15) is 251 Å². The van der Waals surface area contributed by atoms with Crippen molar-refractivity contribution in [2.24, 2.45) is 0 Å². The van der Waals surface area contributed by atoms with Crippen molar-refractivity contribution in [3.63, 3.8) is 0 Å². The third kappa shape index (κ3) is 42.1. The Hall–Kier alpha value is 0.150. The van der Waals surface area contributed by atoms with Crippen LogP contribution in [0.4, 0.5) is 0 Å². The van der Waals surface area contributed by atoms with Gasteiger partial charge in [0.25, 0.3) is 0 Å². The monoisotopic (exact) mass is 643 g/mol. The lowest BCUT2D eigenvalue weighted by molar-refractivity contribution is 0.370. The van der Waals surface area contributed by atoms with Gasteiger partial charge in [-0.3, -0.25) is 4.57 Å². The van der Waals surface area contributed by atoms with E-state index in [-0.39, 0.29) is 6.16 Å². The van der Waals surface area contributed by atoms with Crippen LogP contribution in [0.2, 0.25) is 0 Å². The second-order valence-corrected chi connectivity index (χ2v) is 16.2. The molecule has 0 saturated carbocycles. The third-order valence-electron chi connectivity index (χ3n) is 9.80. The summed E-state index contributed by atoms with van der Waals surface area (Å²) in [5, 5.41) is 0. The molecule has 0 amide bonds. The van der Waals surface area contributed by atoms with Crippen LogP contribution >= 0.6 is 7.60 Å². The molecule has 4 heteroatoms. The maximum atomic E-state index is 10.8. The van der Waals surface area contributed by atoms with Crippen LogP contribution in [0.3, 0.4) is 0 Å². The third-order valence-corrected chi connectivity index (χ3v) is 10.7. The molecule has 0 aliphatic carbocycles. The zero-order chi connectivity index (χ0) is 32.1. The summed E-state index contributed by atoms with van der Waals surface area (Å²) in [6, 6.07) is 0. The van der Waals surface area contributed by atoms with E-state index in [1.54, 1.807) is 0 Å². The Morgan fingerprint density at radius 3 is 0.545 bits per heavy atom. The molecule has 0 radical (unpaired) electrons. The first kappa shape index (κ1) is 44.1. The smallest absolute Gasteiger partial charge is 0.324 e.